The number of hydrogen-bond donors (Lipinski definition) is 2. The molecule has 0 aliphatic heterocycles. The lowest BCUT2D eigenvalue weighted by Crippen LogP contribution is -2.53. The quantitative estimate of drug-likeness (QED) is 0.590. The van der Waals surface area contributed by atoms with E-state index in [1.54, 1.807) is 14.2 Å². The van der Waals surface area contributed by atoms with Gasteiger partial charge in [-0.1, -0.05) is 0 Å². The van der Waals surface area contributed by atoms with E-state index in [-0.39, 0.29) is 24.3 Å². The van der Waals surface area contributed by atoms with Crippen molar-refractivity contribution < 1.29 is 9.47 Å². The number of rotatable bonds is 2. The molecule has 4 nitrogen and oxygen atoms in total. The van der Waals surface area contributed by atoms with E-state index in [1.165, 1.54) is 0 Å². The fraction of sp³-hybridized carbons (Fsp3) is 1.00. The molecule has 12 heavy (non-hydrogen) atoms. The first-order valence-corrected chi connectivity index (χ1v) is 4.25. The lowest BCUT2D eigenvalue weighted by atomic mass is 9.87. The zero-order valence-corrected chi connectivity index (χ0v) is 7.69. The zero-order chi connectivity index (χ0) is 9.14. The second kappa shape index (κ2) is 4.18. The molecular formula is C8H18N2O2. The summed E-state index contributed by atoms with van der Waals surface area (Å²) in [6.07, 6.45) is 1.78. The van der Waals surface area contributed by atoms with Crippen molar-refractivity contribution in [2.75, 3.05) is 14.2 Å². The van der Waals surface area contributed by atoms with Gasteiger partial charge in [0.1, 0.15) is 0 Å². The van der Waals surface area contributed by atoms with E-state index >= 15 is 0 Å². The van der Waals surface area contributed by atoms with Crippen molar-refractivity contribution in [3.8, 4) is 0 Å². The second-order valence-electron chi connectivity index (χ2n) is 3.35. The van der Waals surface area contributed by atoms with E-state index in [0.29, 0.717) is 0 Å². The first-order chi connectivity index (χ1) is 5.69. The van der Waals surface area contributed by atoms with E-state index in [2.05, 4.69) is 0 Å². The highest BCUT2D eigenvalue weighted by Gasteiger charge is 2.33. The van der Waals surface area contributed by atoms with Crippen LogP contribution in [0.4, 0.5) is 0 Å². The summed E-state index contributed by atoms with van der Waals surface area (Å²) in [5.74, 6) is 0. The molecule has 0 unspecified atom stereocenters. The third-order valence-electron chi connectivity index (χ3n) is 2.58. The van der Waals surface area contributed by atoms with Gasteiger partial charge in [-0.25, -0.2) is 0 Å². The predicted octanol–water partition coefficient (Wildman–Crippen LogP) is -0.535. The Bertz CT molecular complexity index is 127. The summed E-state index contributed by atoms with van der Waals surface area (Å²) < 4.78 is 10.5. The third kappa shape index (κ3) is 1.95. The fourth-order valence-electron chi connectivity index (χ4n) is 1.69. The SMILES string of the molecule is CO[C@H]1C[C@@H](N)[C@@H](N)C[C@H]1OC. The smallest absolute Gasteiger partial charge is 0.0848 e. The molecule has 72 valence electrons. The van der Waals surface area contributed by atoms with Gasteiger partial charge in [-0.3, -0.25) is 0 Å². The molecule has 0 aromatic carbocycles. The Kier molecular flexibility index (Phi) is 3.46. The molecule has 0 heterocycles. The molecule has 0 aromatic heterocycles. The molecule has 0 saturated heterocycles. The average Bonchev–Trinajstić information content (AvgIpc) is 2.09. The summed E-state index contributed by atoms with van der Waals surface area (Å²) in [6.45, 7) is 0. The van der Waals surface area contributed by atoms with Gasteiger partial charge >= 0.3 is 0 Å². The molecule has 1 aliphatic carbocycles. The Morgan fingerprint density at radius 3 is 1.50 bits per heavy atom. The number of methoxy groups -OCH3 is 2. The van der Waals surface area contributed by atoms with Crippen LogP contribution in [0.2, 0.25) is 0 Å². The molecule has 4 N–H and O–H groups in total. The first-order valence-electron chi connectivity index (χ1n) is 4.25. The van der Waals surface area contributed by atoms with Crippen LogP contribution >= 0.6 is 0 Å². The second-order valence-corrected chi connectivity index (χ2v) is 3.35. The molecule has 1 aliphatic rings. The van der Waals surface area contributed by atoms with E-state index in [0.717, 1.165) is 12.8 Å². The van der Waals surface area contributed by atoms with Crippen LogP contribution in [0.25, 0.3) is 0 Å². The van der Waals surface area contributed by atoms with Gasteiger partial charge in [-0.2, -0.15) is 0 Å². The molecule has 0 bridgehead atoms. The van der Waals surface area contributed by atoms with Crippen molar-refractivity contribution in [3.63, 3.8) is 0 Å². The summed E-state index contributed by atoms with van der Waals surface area (Å²) >= 11 is 0. The van der Waals surface area contributed by atoms with E-state index in [1.807, 2.05) is 0 Å². The average molecular weight is 174 g/mol. The molecule has 0 amide bonds. The lowest BCUT2D eigenvalue weighted by Gasteiger charge is -2.36. The van der Waals surface area contributed by atoms with Crippen molar-refractivity contribution in [1.82, 2.24) is 0 Å². The zero-order valence-electron chi connectivity index (χ0n) is 7.69. The van der Waals surface area contributed by atoms with E-state index in [9.17, 15) is 0 Å². The van der Waals surface area contributed by atoms with Gasteiger partial charge in [0.05, 0.1) is 12.2 Å². The molecule has 0 aromatic rings. The summed E-state index contributed by atoms with van der Waals surface area (Å²) in [5, 5.41) is 0. The van der Waals surface area contributed by atoms with Crippen molar-refractivity contribution in [2.45, 2.75) is 37.1 Å². The van der Waals surface area contributed by atoms with E-state index < -0.39 is 0 Å². The van der Waals surface area contributed by atoms with Crippen LogP contribution in [-0.4, -0.2) is 38.5 Å². The predicted molar refractivity (Wildman–Crippen MR) is 46.8 cm³/mol. The van der Waals surface area contributed by atoms with Crippen LogP contribution in [0.3, 0.4) is 0 Å². The molecule has 4 atom stereocenters. The largest absolute Gasteiger partial charge is 0.379 e. The van der Waals surface area contributed by atoms with Crippen molar-refractivity contribution >= 4 is 0 Å². The molecule has 1 rings (SSSR count). The van der Waals surface area contributed by atoms with Gasteiger partial charge in [0, 0.05) is 26.3 Å². The number of hydrogen-bond acceptors (Lipinski definition) is 4. The maximum atomic E-state index is 5.80. The van der Waals surface area contributed by atoms with Crippen molar-refractivity contribution in [2.24, 2.45) is 11.5 Å². The summed E-state index contributed by atoms with van der Waals surface area (Å²) in [5.41, 5.74) is 11.6. The Morgan fingerprint density at radius 1 is 0.917 bits per heavy atom. The highest BCUT2D eigenvalue weighted by atomic mass is 16.5. The monoisotopic (exact) mass is 174 g/mol. The highest BCUT2D eigenvalue weighted by molar-refractivity contribution is 4.91. The van der Waals surface area contributed by atoms with Crippen LogP contribution in [0, 0.1) is 0 Å². The molecule has 1 saturated carbocycles. The Labute approximate surface area is 73.2 Å². The topological polar surface area (TPSA) is 70.5 Å². The minimum Gasteiger partial charge on any atom is -0.379 e. The van der Waals surface area contributed by atoms with Crippen molar-refractivity contribution in [1.29, 1.82) is 0 Å². The van der Waals surface area contributed by atoms with Crippen LogP contribution in [0.5, 0.6) is 0 Å². The van der Waals surface area contributed by atoms with Gasteiger partial charge in [0.25, 0.3) is 0 Å². The first kappa shape index (κ1) is 9.92. The molecule has 0 spiro atoms. The Morgan fingerprint density at radius 2 is 1.25 bits per heavy atom. The minimum absolute atomic E-state index is 0.0429. The summed E-state index contributed by atoms with van der Waals surface area (Å²) in [6, 6.07) is 0.0858. The minimum atomic E-state index is 0.0429. The molecule has 0 radical (unpaired) electrons. The van der Waals surface area contributed by atoms with Crippen LogP contribution in [0.1, 0.15) is 12.8 Å². The van der Waals surface area contributed by atoms with Gasteiger partial charge in [0.15, 0.2) is 0 Å². The summed E-state index contributed by atoms with van der Waals surface area (Å²) in [7, 11) is 3.36. The normalized spacial score (nSPS) is 43.0. The molecule has 4 heteroatoms. The van der Waals surface area contributed by atoms with E-state index in [4.69, 9.17) is 20.9 Å². The molecular weight excluding hydrogens is 156 g/mol. The fourth-order valence-corrected chi connectivity index (χ4v) is 1.69. The lowest BCUT2D eigenvalue weighted by molar-refractivity contribution is -0.0659. The maximum absolute atomic E-state index is 5.80. The highest BCUT2D eigenvalue weighted by Crippen LogP contribution is 2.21. The van der Waals surface area contributed by atoms with Crippen LogP contribution < -0.4 is 11.5 Å². The van der Waals surface area contributed by atoms with Crippen LogP contribution in [-0.2, 0) is 9.47 Å². The third-order valence-corrected chi connectivity index (χ3v) is 2.58. The Hall–Kier alpha value is -0.160. The van der Waals surface area contributed by atoms with Crippen molar-refractivity contribution in [3.05, 3.63) is 0 Å². The number of ether oxygens (including phenoxy) is 2. The maximum Gasteiger partial charge on any atom is 0.0848 e. The summed E-state index contributed by atoms with van der Waals surface area (Å²) in [4.78, 5) is 0. The Balaban J connectivity index is 2.52. The van der Waals surface area contributed by atoms with Crippen LogP contribution in [0.15, 0.2) is 0 Å². The van der Waals surface area contributed by atoms with Gasteiger partial charge in [0.2, 0.25) is 0 Å². The van der Waals surface area contributed by atoms with Gasteiger partial charge in [-0.05, 0) is 12.8 Å². The van der Waals surface area contributed by atoms with Gasteiger partial charge < -0.3 is 20.9 Å². The molecule has 1 fully saturated rings. The standard InChI is InChI=1S/C8H18N2O2/c1-11-7-3-5(9)6(10)4-8(7)12-2/h5-8H,3-4,9-10H2,1-2H3/t5-,6+,7+,8-. The van der Waals surface area contributed by atoms with Gasteiger partial charge in [-0.15, -0.1) is 0 Å². The number of nitrogens with two attached hydrogens (primary N) is 2.